The molecule has 2 aromatic rings. The van der Waals surface area contributed by atoms with Crippen LogP contribution < -0.4 is 10.1 Å². The number of aliphatic hydroxyl groups excluding tert-OH is 1. The molecular weight excluding hydrogens is 245 g/mol. The molecule has 0 aliphatic rings. The van der Waals surface area contributed by atoms with Crippen molar-refractivity contribution in [2.75, 3.05) is 19.0 Å². The second-order valence-electron chi connectivity index (χ2n) is 4.15. The van der Waals surface area contributed by atoms with Crippen LogP contribution in [-0.4, -0.2) is 18.8 Å². The van der Waals surface area contributed by atoms with E-state index in [0.717, 1.165) is 5.69 Å². The lowest BCUT2D eigenvalue weighted by molar-refractivity contribution is 0.186. The smallest absolute Gasteiger partial charge is 0.124 e. The van der Waals surface area contributed by atoms with Crippen LogP contribution in [0.3, 0.4) is 0 Å². The molecule has 0 spiro atoms. The van der Waals surface area contributed by atoms with Gasteiger partial charge in [0.25, 0.3) is 0 Å². The van der Waals surface area contributed by atoms with Crippen molar-refractivity contribution < 1.29 is 14.2 Å². The zero-order valence-corrected chi connectivity index (χ0v) is 10.6. The van der Waals surface area contributed by atoms with Gasteiger partial charge in [0, 0.05) is 17.8 Å². The van der Waals surface area contributed by atoms with Crippen molar-refractivity contribution in [3.8, 4) is 5.75 Å². The minimum atomic E-state index is -0.842. The number of methoxy groups -OCH3 is 1. The minimum absolute atomic E-state index is 0.282. The molecule has 0 aromatic heterocycles. The molecular formula is C15H16FNO2. The average molecular weight is 261 g/mol. The van der Waals surface area contributed by atoms with Crippen LogP contribution >= 0.6 is 0 Å². The monoisotopic (exact) mass is 261 g/mol. The number of anilines is 1. The Morgan fingerprint density at radius 3 is 2.63 bits per heavy atom. The highest BCUT2D eigenvalue weighted by Crippen LogP contribution is 2.26. The third-order valence-corrected chi connectivity index (χ3v) is 2.82. The van der Waals surface area contributed by atoms with Crippen LogP contribution in [0.4, 0.5) is 10.1 Å². The second kappa shape index (κ2) is 6.20. The van der Waals surface area contributed by atoms with E-state index in [9.17, 15) is 9.50 Å². The maximum absolute atomic E-state index is 13.2. The number of para-hydroxylation sites is 1. The Kier molecular flexibility index (Phi) is 4.36. The zero-order chi connectivity index (χ0) is 13.7. The standard InChI is InChI=1S/C15H16FNO2/c1-19-15-8-7-11(16)9-13(15)14(18)10-17-12-5-3-2-4-6-12/h2-9,14,17-18H,10H2,1H3. The van der Waals surface area contributed by atoms with Gasteiger partial charge in [-0.25, -0.2) is 4.39 Å². The Hall–Kier alpha value is -2.07. The Morgan fingerprint density at radius 1 is 1.21 bits per heavy atom. The molecule has 3 nitrogen and oxygen atoms in total. The van der Waals surface area contributed by atoms with Gasteiger partial charge in [-0.1, -0.05) is 18.2 Å². The van der Waals surface area contributed by atoms with Crippen molar-refractivity contribution in [2.45, 2.75) is 6.10 Å². The lowest BCUT2D eigenvalue weighted by atomic mass is 10.1. The highest BCUT2D eigenvalue weighted by molar-refractivity contribution is 5.43. The summed E-state index contributed by atoms with van der Waals surface area (Å²) in [6.45, 7) is 0.282. The molecule has 0 amide bonds. The van der Waals surface area contributed by atoms with Crippen LogP contribution in [-0.2, 0) is 0 Å². The lowest BCUT2D eigenvalue weighted by Gasteiger charge is -2.16. The number of hydrogen-bond acceptors (Lipinski definition) is 3. The second-order valence-corrected chi connectivity index (χ2v) is 4.15. The topological polar surface area (TPSA) is 41.5 Å². The van der Waals surface area contributed by atoms with Gasteiger partial charge in [0.1, 0.15) is 11.6 Å². The Morgan fingerprint density at radius 2 is 1.95 bits per heavy atom. The predicted molar refractivity (Wildman–Crippen MR) is 72.8 cm³/mol. The van der Waals surface area contributed by atoms with Gasteiger partial charge >= 0.3 is 0 Å². The maximum atomic E-state index is 13.2. The quantitative estimate of drug-likeness (QED) is 0.869. The molecule has 0 aliphatic heterocycles. The summed E-state index contributed by atoms with van der Waals surface area (Å²) in [7, 11) is 1.49. The molecule has 1 atom stereocenters. The fourth-order valence-electron chi connectivity index (χ4n) is 1.85. The highest BCUT2D eigenvalue weighted by Gasteiger charge is 2.14. The lowest BCUT2D eigenvalue weighted by Crippen LogP contribution is -2.13. The van der Waals surface area contributed by atoms with E-state index in [-0.39, 0.29) is 6.54 Å². The molecule has 0 aliphatic carbocycles. The van der Waals surface area contributed by atoms with Crippen molar-refractivity contribution in [3.05, 3.63) is 59.9 Å². The van der Waals surface area contributed by atoms with Gasteiger partial charge in [0.05, 0.1) is 13.2 Å². The normalized spacial score (nSPS) is 11.9. The van der Waals surface area contributed by atoms with Crippen molar-refractivity contribution >= 4 is 5.69 Å². The van der Waals surface area contributed by atoms with Crippen molar-refractivity contribution in [1.29, 1.82) is 0 Å². The average Bonchev–Trinajstić information content (AvgIpc) is 2.46. The molecule has 0 fully saturated rings. The first-order valence-corrected chi connectivity index (χ1v) is 6.01. The minimum Gasteiger partial charge on any atom is -0.496 e. The SMILES string of the molecule is COc1ccc(F)cc1C(O)CNc1ccccc1. The first kappa shape index (κ1) is 13.4. The number of benzene rings is 2. The molecule has 0 saturated carbocycles. The first-order valence-electron chi connectivity index (χ1n) is 6.01. The van der Waals surface area contributed by atoms with Gasteiger partial charge < -0.3 is 15.2 Å². The van der Waals surface area contributed by atoms with Gasteiger partial charge in [-0.15, -0.1) is 0 Å². The molecule has 0 heterocycles. The van der Waals surface area contributed by atoms with Crippen LogP contribution in [0.25, 0.3) is 0 Å². The summed E-state index contributed by atoms with van der Waals surface area (Å²) < 4.78 is 18.3. The Balaban J connectivity index is 2.07. The Bertz CT molecular complexity index is 531. The van der Waals surface area contributed by atoms with Gasteiger partial charge in [-0.3, -0.25) is 0 Å². The molecule has 2 N–H and O–H groups in total. The van der Waals surface area contributed by atoms with E-state index in [2.05, 4.69) is 5.32 Å². The van der Waals surface area contributed by atoms with E-state index < -0.39 is 11.9 Å². The third kappa shape index (κ3) is 3.45. The summed E-state index contributed by atoms with van der Waals surface area (Å²) in [6.07, 6.45) is -0.842. The van der Waals surface area contributed by atoms with Crippen LogP contribution in [0, 0.1) is 5.82 Å². The van der Waals surface area contributed by atoms with Crippen molar-refractivity contribution in [3.63, 3.8) is 0 Å². The van der Waals surface area contributed by atoms with Crippen molar-refractivity contribution in [1.82, 2.24) is 0 Å². The van der Waals surface area contributed by atoms with E-state index in [4.69, 9.17) is 4.74 Å². The summed E-state index contributed by atoms with van der Waals surface area (Å²) in [5.41, 5.74) is 1.34. The molecule has 4 heteroatoms. The van der Waals surface area contributed by atoms with E-state index in [1.54, 1.807) is 0 Å². The number of ether oxygens (including phenoxy) is 1. The Labute approximate surface area is 111 Å². The summed E-state index contributed by atoms with van der Waals surface area (Å²) in [5, 5.41) is 13.2. The fraction of sp³-hybridized carbons (Fsp3) is 0.200. The fourth-order valence-corrected chi connectivity index (χ4v) is 1.85. The summed E-state index contributed by atoms with van der Waals surface area (Å²) >= 11 is 0. The number of nitrogens with one attached hydrogen (secondary N) is 1. The molecule has 0 saturated heterocycles. The zero-order valence-electron chi connectivity index (χ0n) is 10.6. The third-order valence-electron chi connectivity index (χ3n) is 2.82. The van der Waals surface area contributed by atoms with Gasteiger partial charge in [0.2, 0.25) is 0 Å². The molecule has 100 valence electrons. The molecule has 2 aromatic carbocycles. The van der Waals surface area contributed by atoms with Crippen molar-refractivity contribution in [2.24, 2.45) is 0 Å². The maximum Gasteiger partial charge on any atom is 0.124 e. The summed E-state index contributed by atoms with van der Waals surface area (Å²) in [6, 6.07) is 13.6. The van der Waals surface area contributed by atoms with Gasteiger partial charge in [-0.2, -0.15) is 0 Å². The highest BCUT2D eigenvalue weighted by atomic mass is 19.1. The number of hydrogen-bond donors (Lipinski definition) is 2. The van der Waals surface area contributed by atoms with Crippen LogP contribution in [0.5, 0.6) is 5.75 Å². The summed E-state index contributed by atoms with van der Waals surface area (Å²) in [4.78, 5) is 0. The van der Waals surface area contributed by atoms with Gasteiger partial charge in [0.15, 0.2) is 0 Å². The molecule has 1 unspecified atom stereocenters. The number of rotatable bonds is 5. The largest absolute Gasteiger partial charge is 0.496 e. The predicted octanol–water partition coefficient (Wildman–Crippen LogP) is 2.98. The molecule has 2 rings (SSSR count). The van der Waals surface area contributed by atoms with Crippen LogP contribution in [0.2, 0.25) is 0 Å². The number of halogens is 1. The van der Waals surface area contributed by atoms with Crippen LogP contribution in [0.15, 0.2) is 48.5 Å². The van der Waals surface area contributed by atoms with Gasteiger partial charge in [-0.05, 0) is 30.3 Å². The van der Waals surface area contributed by atoms with E-state index in [0.29, 0.717) is 11.3 Å². The van der Waals surface area contributed by atoms with Crippen LogP contribution in [0.1, 0.15) is 11.7 Å². The molecule has 0 radical (unpaired) electrons. The van der Waals surface area contributed by atoms with E-state index in [1.807, 2.05) is 30.3 Å². The first-order chi connectivity index (χ1) is 9.20. The van der Waals surface area contributed by atoms with E-state index >= 15 is 0 Å². The number of aliphatic hydroxyl groups is 1. The molecule has 19 heavy (non-hydrogen) atoms. The summed E-state index contributed by atoms with van der Waals surface area (Å²) in [5.74, 6) is 0.0818. The molecule has 0 bridgehead atoms. The van der Waals surface area contributed by atoms with E-state index in [1.165, 1.54) is 25.3 Å².